The van der Waals surface area contributed by atoms with Crippen LogP contribution in [0.15, 0.2) is 42.7 Å². The molecule has 0 saturated carbocycles. The van der Waals surface area contributed by atoms with E-state index in [1.807, 2.05) is 12.3 Å². The van der Waals surface area contributed by atoms with Gasteiger partial charge in [-0.1, -0.05) is 44.2 Å². The molecule has 0 fully saturated rings. The number of rotatable bonds is 6. The van der Waals surface area contributed by atoms with E-state index in [4.69, 9.17) is 5.11 Å². The average molecular weight is 259 g/mol. The fourth-order valence-corrected chi connectivity index (χ4v) is 2.14. The molecule has 2 rings (SSSR count). The van der Waals surface area contributed by atoms with Gasteiger partial charge in [0, 0.05) is 6.20 Å². The first-order chi connectivity index (χ1) is 9.20. The molecule has 19 heavy (non-hydrogen) atoms. The van der Waals surface area contributed by atoms with Crippen molar-refractivity contribution in [3.8, 4) is 0 Å². The van der Waals surface area contributed by atoms with Crippen molar-refractivity contribution < 1.29 is 5.11 Å². The van der Waals surface area contributed by atoms with Crippen LogP contribution in [0.1, 0.15) is 25.5 Å². The molecule has 1 unspecified atom stereocenters. The molecule has 1 heterocycles. The third-order valence-corrected chi connectivity index (χ3v) is 3.11. The summed E-state index contributed by atoms with van der Waals surface area (Å²) in [5, 5.41) is 16.6. The van der Waals surface area contributed by atoms with E-state index in [1.165, 1.54) is 5.56 Å². The van der Waals surface area contributed by atoms with Gasteiger partial charge in [0.05, 0.1) is 31.1 Å². The molecular weight excluding hydrogens is 238 g/mol. The van der Waals surface area contributed by atoms with Gasteiger partial charge in [0.1, 0.15) is 0 Å². The topological polar surface area (TPSA) is 50.1 Å². The molecule has 0 aliphatic heterocycles. The van der Waals surface area contributed by atoms with Gasteiger partial charge < -0.3 is 10.4 Å². The molecule has 0 spiro atoms. The molecule has 2 N–H and O–H groups in total. The van der Waals surface area contributed by atoms with Crippen LogP contribution in [0.2, 0.25) is 0 Å². The Balaban J connectivity index is 2.12. The number of nitrogens with zero attached hydrogens (tertiary/aromatic N) is 2. The molecule has 0 aliphatic carbocycles. The number of aliphatic hydroxyl groups is 1. The lowest BCUT2D eigenvalue weighted by Crippen LogP contribution is -2.16. The molecule has 102 valence electrons. The molecule has 0 amide bonds. The lowest BCUT2D eigenvalue weighted by Gasteiger charge is -2.23. The van der Waals surface area contributed by atoms with Crippen molar-refractivity contribution in [2.45, 2.75) is 26.4 Å². The second-order valence-electron chi connectivity index (χ2n) is 4.99. The highest BCUT2D eigenvalue weighted by atomic mass is 16.3. The quantitative estimate of drug-likeness (QED) is 0.838. The van der Waals surface area contributed by atoms with Crippen molar-refractivity contribution in [1.82, 2.24) is 9.78 Å². The summed E-state index contributed by atoms with van der Waals surface area (Å²) in [4.78, 5) is 0. The van der Waals surface area contributed by atoms with Crippen LogP contribution in [0.3, 0.4) is 0 Å². The average Bonchev–Trinajstić information content (AvgIpc) is 2.85. The number of aromatic nitrogens is 2. The van der Waals surface area contributed by atoms with Gasteiger partial charge in [-0.2, -0.15) is 5.10 Å². The summed E-state index contributed by atoms with van der Waals surface area (Å²) in [5.74, 6) is 0.476. The zero-order valence-electron chi connectivity index (χ0n) is 11.5. The normalized spacial score (nSPS) is 12.6. The van der Waals surface area contributed by atoms with Gasteiger partial charge in [-0.05, 0) is 11.5 Å². The Morgan fingerprint density at radius 3 is 2.63 bits per heavy atom. The van der Waals surface area contributed by atoms with Crippen LogP contribution in [0.25, 0.3) is 0 Å². The summed E-state index contributed by atoms with van der Waals surface area (Å²) in [6.45, 7) is 5.03. The van der Waals surface area contributed by atoms with E-state index in [-0.39, 0.29) is 12.6 Å². The van der Waals surface area contributed by atoms with E-state index < -0.39 is 0 Å². The predicted molar refractivity (Wildman–Crippen MR) is 77.0 cm³/mol. The number of nitrogens with one attached hydrogen (secondary N) is 1. The zero-order valence-corrected chi connectivity index (χ0v) is 11.5. The minimum atomic E-state index is 0.105. The maximum absolute atomic E-state index is 8.90. The Labute approximate surface area is 114 Å². The monoisotopic (exact) mass is 259 g/mol. The summed E-state index contributed by atoms with van der Waals surface area (Å²) in [7, 11) is 0. The lowest BCUT2D eigenvalue weighted by atomic mass is 9.96. The number of aliphatic hydroxyl groups excluding tert-OH is 1. The van der Waals surface area contributed by atoms with Crippen LogP contribution in [0.4, 0.5) is 5.69 Å². The van der Waals surface area contributed by atoms with Crippen molar-refractivity contribution in [3.05, 3.63) is 48.3 Å². The molecule has 0 saturated heterocycles. The Kier molecular flexibility index (Phi) is 4.58. The number of benzene rings is 1. The smallest absolute Gasteiger partial charge is 0.0731 e. The second kappa shape index (κ2) is 6.38. The summed E-state index contributed by atoms with van der Waals surface area (Å²) >= 11 is 0. The van der Waals surface area contributed by atoms with Gasteiger partial charge in [-0.3, -0.25) is 4.68 Å². The highest BCUT2D eigenvalue weighted by molar-refractivity contribution is 5.42. The molecule has 0 radical (unpaired) electrons. The van der Waals surface area contributed by atoms with Gasteiger partial charge in [0.15, 0.2) is 0 Å². The molecule has 4 heteroatoms. The number of anilines is 1. The summed E-state index contributed by atoms with van der Waals surface area (Å²) in [6, 6.07) is 10.7. The van der Waals surface area contributed by atoms with Crippen molar-refractivity contribution in [2.75, 3.05) is 11.9 Å². The molecular formula is C15H21N3O. The van der Waals surface area contributed by atoms with Crippen LogP contribution < -0.4 is 5.32 Å². The molecule has 1 aromatic heterocycles. The minimum absolute atomic E-state index is 0.105. The van der Waals surface area contributed by atoms with Gasteiger partial charge in [-0.25, -0.2) is 0 Å². The first kappa shape index (κ1) is 13.6. The summed E-state index contributed by atoms with van der Waals surface area (Å²) < 4.78 is 1.74. The van der Waals surface area contributed by atoms with Crippen LogP contribution >= 0.6 is 0 Å². The Morgan fingerprint density at radius 2 is 2.00 bits per heavy atom. The maximum atomic E-state index is 8.90. The van der Waals surface area contributed by atoms with Crippen molar-refractivity contribution in [1.29, 1.82) is 0 Å². The summed E-state index contributed by atoms with van der Waals surface area (Å²) in [6.07, 6.45) is 3.72. The molecule has 0 bridgehead atoms. The van der Waals surface area contributed by atoms with Crippen LogP contribution in [-0.4, -0.2) is 21.5 Å². The van der Waals surface area contributed by atoms with Crippen LogP contribution in [0.5, 0.6) is 0 Å². The minimum Gasteiger partial charge on any atom is -0.394 e. The third kappa shape index (κ3) is 3.58. The Morgan fingerprint density at radius 1 is 1.26 bits per heavy atom. The predicted octanol–water partition coefficient (Wildman–Crippen LogP) is 2.68. The van der Waals surface area contributed by atoms with E-state index in [2.05, 4.69) is 48.5 Å². The van der Waals surface area contributed by atoms with Crippen LogP contribution in [-0.2, 0) is 6.54 Å². The van der Waals surface area contributed by atoms with Gasteiger partial charge in [0.2, 0.25) is 0 Å². The highest BCUT2D eigenvalue weighted by Crippen LogP contribution is 2.26. The fourth-order valence-electron chi connectivity index (χ4n) is 2.14. The van der Waals surface area contributed by atoms with Crippen molar-refractivity contribution in [3.63, 3.8) is 0 Å². The van der Waals surface area contributed by atoms with Gasteiger partial charge >= 0.3 is 0 Å². The summed E-state index contributed by atoms with van der Waals surface area (Å²) in [5.41, 5.74) is 2.25. The second-order valence-corrected chi connectivity index (χ2v) is 4.99. The van der Waals surface area contributed by atoms with Crippen molar-refractivity contribution in [2.24, 2.45) is 5.92 Å². The Bertz CT molecular complexity index is 493. The number of hydrogen-bond donors (Lipinski definition) is 2. The largest absolute Gasteiger partial charge is 0.394 e. The molecule has 4 nitrogen and oxygen atoms in total. The van der Waals surface area contributed by atoms with E-state index in [0.29, 0.717) is 12.5 Å². The first-order valence-corrected chi connectivity index (χ1v) is 6.65. The Hall–Kier alpha value is -1.81. The third-order valence-electron chi connectivity index (χ3n) is 3.11. The maximum Gasteiger partial charge on any atom is 0.0731 e. The van der Waals surface area contributed by atoms with Crippen LogP contribution in [0, 0.1) is 5.92 Å². The molecule has 0 aliphatic rings. The lowest BCUT2D eigenvalue weighted by molar-refractivity contribution is 0.269. The van der Waals surface area contributed by atoms with Crippen molar-refractivity contribution >= 4 is 5.69 Å². The van der Waals surface area contributed by atoms with E-state index in [0.717, 1.165) is 5.69 Å². The fraction of sp³-hybridized carbons (Fsp3) is 0.400. The standard InChI is InChI=1S/C15H21N3O/c1-12(2)15(13-6-4-3-5-7-13)17-14-10-16-18(11-14)8-9-19/h3-7,10-12,15,17,19H,8-9H2,1-2H3. The number of hydrogen-bond acceptors (Lipinski definition) is 3. The van der Waals surface area contributed by atoms with Gasteiger partial charge in [0.25, 0.3) is 0 Å². The highest BCUT2D eigenvalue weighted by Gasteiger charge is 2.15. The SMILES string of the molecule is CC(C)C(Nc1cnn(CCO)c1)c1ccccc1. The molecule has 1 atom stereocenters. The first-order valence-electron chi connectivity index (χ1n) is 6.65. The molecule has 2 aromatic rings. The molecule has 1 aromatic carbocycles. The zero-order chi connectivity index (χ0) is 13.7. The van der Waals surface area contributed by atoms with E-state index >= 15 is 0 Å². The van der Waals surface area contributed by atoms with Gasteiger partial charge in [-0.15, -0.1) is 0 Å². The van der Waals surface area contributed by atoms with E-state index in [9.17, 15) is 0 Å². The van der Waals surface area contributed by atoms with E-state index in [1.54, 1.807) is 10.9 Å².